The Morgan fingerprint density at radius 1 is 1.05 bits per heavy atom. The first-order valence-corrected chi connectivity index (χ1v) is 6.74. The third-order valence-corrected chi connectivity index (χ3v) is 3.92. The summed E-state index contributed by atoms with van der Waals surface area (Å²) in [5.74, 6) is -3.70. The molecule has 4 atom stereocenters. The smallest absolute Gasteiger partial charge is 0.310 e. The Morgan fingerprint density at radius 2 is 1.64 bits per heavy atom. The molecule has 0 radical (unpaired) electrons. The van der Waals surface area contributed by atoms with Crippen LogP contribution in [-0.2, 0) is 14.3 Å². The zero-order valence-corrected chi connectivity index (χ0v) is 11.4. The summed E-state index contributed by atoms with van der Waals surface area (Å²) in [5, 5.41) is 11.9. The molecule has 1 aromatic carbocycles. The molecule has 0 spiro atoms. The number of carbonyl (C=O) groups is 3. The Kier molecular flexibility index (Phi) is 3.42. The second-order valence-electron chi connectivity index (χ2n) is 5.27. The fourth-order valence-corrected chi connectivity index (χ4v) is 2.86. The van der Waals surface area contributed by atoms with Crippen molar-refractivity contribution >= 4 is 23.5 Å². The molecule has 4 N–H and O–H groups in total. The van der Waals surface area contributed by atoms with Crippen molar-refractivity contribution in [1.29, 1.82) is 0 Å². The maximum Gasteiger partial charge on any atom is 0.310 e. The van der Waals surface area contributed by atoms with E-state index in [1.807, 2.05) is 0 Å². The van der Waals surface area contributed by atoms with Gasteiger partial charge in [-0.1, -0.05) is 12.2 Å². The van der Waals surface area contributed by atoms with Gasteiger partial charge in [0.25, 0.3) is 0 Å². The molecule has 1 fully saturated rings. The van der Waals surface area contributed by atoms with Gasteiger partial charge in [-0.15, -0.1) is 0 Å². The van der Waals surface area contributed by atoms with Crippen LogP contribution in [0.5, 0.6) is 0 Å². The van der Waals surface area contributed by atoms with E-state index < -0.39 is 41.8 Å². The number of fused-ring (bicyclic) bond motifs is 2. The van der Waals surface area contributed by atoms with Crippen LogP contribution in [0.15, 0.2) is 36.4 Å². The van der Waals surface area contributed by atoms with E-state index in [2.05, 4.69) is 5.32 Å². The van der Waals surface area contributed by atoms with Gasteiger partial charge in [-0.25, -0.2) is 0 Å². The molecule has 114 valence electrons. The highest BCUT2D eigenvalue weighted by atomic mass is 16.5. The van der Waals surface area contributed by atoms with Crippen LogP contribution in [0, 0.1) is 11.8 Å². The molecule has 2 aliphatic heterocycles. The van der Waals surface area contributed by atoms with Gasteiger partial charge in [0.05, 0.1) is 18.1 Å². The average Bonchev–Trinajstić information content (AvgIpc) is 3.08. The van der Waals surface area contributed by atoms with Crippen LogP contribution in [0.1, 0.15) is 10.4 Å². The summed E-state index contributed by atoms with van der Waals surface area (Å²) in [6.07, 6.45) is 2.31. The van der Waals surface area contributed by atoms with Crippen LogP contribution in [0.2, 0.25) is 0 Å². The number of rotatable bonds is 4. The van der Waals surface area contributed by atoms with Gasteiger partial charge in [0.1, 0.15) is 5.92 Å². The molecule has 22 heavy (non-hydrogen) atoms. The van der Waals surface area contributed by atoms with Crippen LogP contribution < -0.4 is 11.1 Å². The van der Waals surface area contributed by atoms with Crippen molar-refractivity contribution in [1.82, 2.24) is 0 Å². The summed E-state index contributed by atoms with van der Waals surface area (Å²) in [5.41, 5.74) is 5.93. The number of carboxylic acid groups (broad SMARTS) is 1. The van der Waals surface area contributed by atoms with Crippen LogP contribution in [0.3, 0.4) is 0 Å². The number of carboxylic acids is 1. The molecule has 1 aromatic rings. The summed E-state index contributed by atoms with van der Waals surface area (Å²) < 4.78 is 5.45. The van der Waals surface area contributed by atoms with E-state index >= 15 is 0 Å². The Labute approximate surface area is 125 Å². The topological polar surface area (TPSA) is 119 Å². The SMILES string of the molecule is NC(=O)c1ccc(NC(=O)C2C3C=CC(O3)C2C(=O)O)cc1. The van der Waals surface area contributed by atoms with E-state index in [1.54, 1.807) is 12.2 Å². The predicted octanol–water partition coefficient (Wildman–Crippen LogP) is 0.378. The zero-order valence-electron chi connectivity index (χ0n) is 11.4. The van der Waals surface area contributed by atoms with Crippen molar-refractivity contribution in [2.75, 3.05) is 5.32 Å². The Hall–Kier alpha value is -2.67. The van der Waals surface area contributed by atoms with Gasteiger partial charge in [-0.2, -0.15) is 0 Å². The van der Waals surface area contributed by atoms with Crippen LogP contribution in [0.4, 0.5) is 5.69 Å². The zero-order chi connectivity index (χ0) is 15.9. The van der Waals surface area contributed by atoms with Crippen molar-refractivity contribution < 1.29 is 24.2 Å². The third kappa shape index (κ3) is 2.35. The first-order chi connectivity index (χ1) is 10.5. The number of hydrogen-bond donors (Lipinski definition) is 3. The number of ether oxygens (including phenoxy) is 1. The van der Waals surface area contributed by atoms with E-state index in [1.165, 1.54) is 24.3 Å². The molecule has 0 aromatic heterocycles. The highest BCUT2D eigenvalue weighted by Crippen LogP contribution is 2.39. The summed E-state index contributed by atoms with van der Waals surface area (Å²) in [7, 11) is 0. The van der Waals surface area contributed by atoms with Gasteiger partial charge in [-0.3, -0.25) is 14.4 Å². The molecule has 7 heteroatoms. The third-order valence-electron chi connectivity index (χ3n) is 3.92. The number of hydrogen-bond acceptors (Lipinski definition) is 4. The van der Waals surface area contributed by atoms with Crippen molar-refractivity contribution in [2.24, 2.45) is 17.6 Å². The summed E-state index contributed by atoms with van der Waals surface area (Å²) >= 11 is 0. The lowest BCUT2D eigenvalue weighted by Crippen LogP contribution is -2.39. The molecule has 0 aliphatic carbocycles. The fourth-order valence-electron chi connectivity index (χ4n) is 2.86. The largest absolute Gasteiger partial charge is 0.481 e. The Balaban J connectivity index is 1.75. The predicted molar refractivity (Wildman–Crippen MR) is 76.0 cm³/mol. The highest BCUT2D eigenvalue weighted by molar-refractivity contribution is 5.97. The molecule has 7 nitrogen and oxygen atoms in total. The number of primary amides is 1. The molecule has 3 rings (SSSR count). The lowest BCUT2D eigenvalue weighted by atomic mass is 9.82. The molecule has 2 bridgehead atoms. The van der Waals surface area contributed by atoms with Crippen LogP contribution in [0.25, 0.3) is 0 Å². The Morgan fingerprint density at radius 3 is 2.18 bits per heavy atom. The number of carbonyl (C=O) groups excluding carboxylic acids is 2. The van der Waals surface area contributed by atoms with E-state index in [0.717, 1.165) is 0 Å². The highest BCUT2D eigenvalue weighted by Gasteiger charge is 2.53. The average molecular weight is 302 g/mol. The number of benzene rings is 1. The first-order valence-electron chi connectivity index (χ1n) is 6.74. The molecule has 4 unspecified atom stereocenters. The summed E-state index contributed by atoms with van der Waals surface area (Å²) in [4.78, 5) is 34.7. The van der Waals surface area contributed by atoms with Crippen molar-refractivity contribution in [3.63, 3.8) is 0 Å². The van der Waals surface area contributed by atoms with Gasteiger partial charge in [0.2, 0.25) is 11.8 Å². The van der Waals surface area contributed by atoms with Crippen LogP contribution in [-0.4, -0.2) is 35.1 Å². The second-order valence-corrected chi connectivity index (χ2v) is 5.27. The van der Waals surface area contributed by atoms with Crippen LogP contribution >= 0.6 is 0 Å². The van der Waals surface area contributed by atoms with Crippen molar-refractivity contribution in [2.45, 2.75) is 12.2 Å². The molecule has 2 heterocycles. The second kappa shape index (κ2) is 5.27. The minimum atomic E-state index is -1.05. The molecule has 0 saturated carbocycles. The minimum absolute atomic E-state index is 0.326. The molecular weight excluding hydrogens is 288 g/mol. The van der Waals surface area contributed by atoms with E-state index in [-0.39, 0.29) is 0 Å². The van der Waals surface area contributed by atoms with E-state index in [9.17, 15) is 19.5 Å². The van der Waals surface area contributed by atoms with Gasteiger partial charge in [-0.05, 0) is 24.3 Å². The minimum Gasteiger partial charge on any atom is -0.481 e. The van der Waals surface area contributed by atoms with E-state index in [0.29, 0.717) is 11.3 Å². The number of amides is 2. The van der Waals surface area contributed by atoms with Gasteiger partial charge in [0.15, 0.2) is 0 Å². The molecule has 2 amide bonds. The quantitative estimate of drug-likeness (QED) is 0.695. The van der Waals surface area contributed by atoms with Gasteiger partial charge >= 0.3 is 5.97 Å². The molecule has 1 saturated heterocycles. The van der Waals surface area contributed by atoms with Crippen molar-refractivity contribution in [3.8, 4) is 0 Å². The van der Waals surface area contributed by atoms with E-state index in [4.69, 9.17) is 10.5 Å². The lowest BCUT2D eigenvalue weighted by Gasteiger charge is -2.21. The lowest BCUT2D eigenvalue weighted by molar-refractivity contribution is -0.145. The monoisotopic (exact) mass is 302 g/mol. The van der Waals surface area contributed by atoms with Gasteiger partial charge < -0.3 is 20.9 Å². The first kappa shape index (κ1) is 14.3. The normalized spacial score (nSPS) is 28.5. The fraction of sp³-hybridized carbons (Fsp3) is 0.267. The standard InChI is InChI=1S/C15H14N2O5/c16-13(18)7-1-3-8(4-2-7)17-14(19)11-9-5-6-10(22-9)12(11)15(20)21/h1-6,9-12H,(H2,16,18)(H,17,19)(H,20,21). The summed E-state index contributed by atoms with van der Waals surface area (Å²) in [6.45, 7) is 0. The molecular formula is C15H14N2O5. The molecule has 2 aliphatic rings. The van der Waals surface area contributed by atoms with Gasteiger partial charge in [0, 0.05) is 11.3 Å². The van der Waals surface area contributed by atoms with Crippen molar-refractivity contribution in [3.05, 3.63) is 42.0 Å². The Bertz CT molecular complexity index is 667. The number of nitrogens with one attached hydrogen (secondary N) is 1. The maximum atomic E-state index is 12.4. The number of anilines is 1. The number of aliphatic carboxylic acids is 1. The number of nitrogens with two attached hydrogens (primary N) is 1. The maximum absolute atomic E-state index is 12.4. The summed E-state index contributed by atoms with van der Waals surface area (Å²) in [6, 6.07) is 6.06.